The molecule has 6 nitrogen and oxygen atoms in total. The number of nitrogens with one attached hydrogen (secondary N) is 3. The van der Waals surface area contributed by atoms with Crippen molar-refractivity contribution in [3.8, 4) is 0 Å². The van der Waals surface area contributed by atoms with Gasteiger partial charge in [-0.25, -0.2) is 4.79 Å². The van der Waals surface area contributed by atoms with Gasteiger partial charge in [-0.05, 0) is 93.3 Å². The van der Waals surface area contributed by atoms with E-state index in [4.69, 9.17) is 4.74 Å². The molecule has 0 saturated carbocycles. The Balaban J connectivity index is 1.60. The molecule has 3 heterocycles. The van der Waals surface area contributed by atoms with Gasteiger partial charge in [0, 0.05) is 16.9 Å². The molecule has 31 heavy (non-hydrogen) atoms. The Labute approximate surface area is 182 Å². The number of amides is 1. The number of benzene rings is 1. The summed E-state index contributed by atoms with van der Waals surface area (Å²) in [6.07, 6.45) is 8.04. The van der Waals surface area contributed by atoms with E-state index in [0.717, 1.165) is 79.7 Å². The SMILES string of the molecule is CCOC(=O)c1[nH]c(/C=C2\C(=O)Nc3cccc(C4CCNCC4)c32)c2c1CCCC2. The molecule has 2 aromatic rings. The maximum Gasteiger partial charge on any atom is 0.355 e. The van der Waals surface area contributed by atoms with Gasteiger partial charge in [-0.1, -0.05) is 12.1 Å². The van der Waals surface area contributed by atoms with Crippen LogP contribution >= 0.6 is 0 Å². The van der Waals surface area contributed by atoms with Gasteiger partial charge in [-0.15, -0.1) is 0 Å². The first-order valence-corrected chi connectivity index (χ1v) is 11.4. The molecule has 1 aromatic heterocycles. The molecule has 1 saturated heterocycles. The summed E-state index contributed by atoms with van der Waals surface area (Å²) in [4.78, 5) is 28.8. The molecule has 0 unspecified atom stereocenters. The summed E-state index contributed by atoms with van der Waals surface area (Å²) < 4.78 is 5.28. The minimum absolute atomic E-state index is 0.0757. The Morgan fingerprint density at radius 3 is 2.71 bits per heavy atom. The van der Waals surface area contributed by atoms with Crippen LogP contribution in [0.25, 0.3) is 11.6 Å². The van der Waals surface area contributed by atoms with Crippen LogP contribution in [-0.4, -0.2) is 36.6 Å². The fourth-order valence-electron chi connectivity index (χ4n) is 5.30. The molecule has 0 atom stereocenters. The number of hydrogen-bond acceptors (Lipinski definition) is 4. The number of aromatic amines is 1. The first-order chi connectivity index (χ1) is 15.2. The van der Waals surface area contributed by atoms with Crippen LogP contribution in [0.15, 0.2) is 18.2 Å². The summed E-state index contributed by atoms with van der Waals surface area (Å²) in [5.74, 6) is 0.0603. The number of hydrogen-bond donors (Lipinski definition) is 3. The number of H-pyrrole nitrogens is 1. The topological polar surface area (TPSA) is 83.2 Å². The fourth-order valence-corrected chi connectivity index (χ4v) is 5.30. The zero-order chi connectivity index (χ0) is 21.4. The lowest BCUT2D eigenvalue weighted by Gasteiger charge is -2.25. The van der Waals surface area contributed by atoms with Crippen LogP contribution in [0.1, 0.15) is 77.0 Å². The maximum atomic E-state index is 13.0. The van der Waals surface area contributed by atoms with Gasteiger partial charge in [0.15, 0.2) is 0 Å². The number of piperidine rings is 1. The van der Waals surface area contributed by atoms with Gasteiger partial charge in [0.05, 0.1) is 12.2 Å². The average Bonchev–Trinajstić information content (AvgIpc) is 3.32. The standard InChI is InChI=1S/C25H29N3O3/c1-2-31-25(30)23-18-7-4-3-6-17(18)21(27-23)14-19-22-16(15-10-12-26-13-11-15)8-5-9-20(22)28-24(19)29/h5,8-9,14-15,26-27H,2-4,6-7,10-13H2,1H3,(H,28,29)/b19-14-. The third-order valence-electron chi connectivity index (χ3n) is 6.76. The number of aromatic nitrogens is 1. The molecule has 1 aliphatic carbocycles. The predicted octanol–water partition coefficient (Wildman–Crippen LogP) is 4.03. The number of rotatable bonds is 4. The number of carbonyl (C=O) groups excluding carboxylic acids is 2. The summed E-state index contributed by atoms with van der Waals surface area (Å²) in [5, 5.41) is 6.47. The molecule has 1 fully saturated rings. The Kier molecular flexibility index (Phi) is 5.40. The molecule has 0 spiro atoms. The molecular formula is C25H29N3O3. The van der Waals surface area contributed by atoms with E-state index in [1.165, 1.54) is 5.56 Å². The van der Waals surface area contributed by atoms with E-state index in [2.05, 4.69) is 21.7 Å². The fraction of sp³-hybridized carbons (Fsp3) is 0.440. The van der Waals surface area contributed by atoms with Gasteiger partial charge < -0.3 is 20.4 Å². The van der Waals surface area contributed by atoms with E-state index in [0.29, 0.717) is 23.8 Å². The zero-order valence-electron chi connectivity index (χ0n) is 18.0. The van der Waals surface area contributed by atoms with Gasteiger partial charge in [0.25, 0.3) is 5.91 Å². The zero-order valence-corrected chi connectivity index (χ0v) is 18.0. The third kappa shape index (κ3) is 3.59. The quantitative estimate of drug-likeness (QED) is 0.516. The lowest BCUT2D eigenvalue weighted by atomic mass is 9.84. The van der Waals surface area contributed by atoms with E-state index < -0.39 is 0 Å². The molecule has 6 heteroatoms. The number of fused-ring (bicyclic) bond motifs is 2. The van der Waals surface area contributed by atoms with Crippen LogP contribution in [0, 0.1) is 0 Å². The first kappa shape index (κ1) is 20.1. The van der Waals surface area contributed by atoms with Gasteiger partial charge >= 0.3 is 5.97 Å². The lowest BCUT2D eigenvalue weighted by Crippen LogP contribution is -2.27. The minimum Gasteiger partial charge on any atom is -0.461 e. The second-order valence-corrected chi connectivity index (χ2v) is 8.60. The number of carbonyl (C=O) groups is 2. The van der Waals surface area contributed by atoms with Crippen molar-refractivity contribution in [3.05, 3.63) is 51.8 Å². The number of esters is 1. The average molecular weight is 420 g/mol. The van der Waals surface area contributed by atoms with Crippen LogP contribution in [0.4, 0.5) is 5.69 Å². The molecule has 5 rings (SSSR count). The van der Waals surface area contributed by atoms with E-state index in [9.17, 15) is 9.59 Å². The van der Waals surface area contributed by atoms with Gasteiger partial charge in [0.1, 0.15) is 5.69 Å². The molecule has 2 aliphatic heterocycles. The Morgan fingerprint density at radius 2 is 1.94 bits per heavy atom. The van der Waals surface area contributed by atoms with Crippen molar-refractivity contribution in [1.29, 1.82) is 0 Å². The number of ether oxygens (including phenoxy) is 1. The van der Waals surface area contributed by atoms with Gasteiger partial charge in [-0.3, -0.25) is 4.79 Å². The highest BCUT2D eigenvalue weighted by atomic mass is 16.5. The Morgan fingerprint density at radius 1 is 1.16 bits per heavy atom. The molecule has 1 amide bonds. The van der Waals surface area contributed by atoms with Crippen LogP contribution in [0.3, 0.4) is 0 Å². The third-order valence-corrected chi connectivity index (χ3v) is 6.76. The van der Waals surface area contributed by atoms with Gasteiger partial charge in [0.2, 0.25) is 0 Å². The smallest absolute Gasteiger partial charge is 0.355 e. The highest BCUT2D eigenvalue weighted by molar-refractivity contribution is 6.35. The van der Waals surface area contributed by atoms with Crippen LogP contribution in [0.2, 0.25) is 0 Å². The van der Waals surface area contributed by atoms with Crippen molar-refractivity contribution >= 4 is 29.2 Å². The molecule has 0 bridgehead atoms. The maximum absolute atomic E-state index is 13.0. The molecule has 3 aliphatic rings. The van der Waals surface area contributed by atoms with Crippen molar-refractivity contribution < 1.29 is 14.3 Å². The second-order valence-electron chi connectivity index (χ2n) is 8.60. The molecule has 1 aromatic carbocycles. The van der Waals surface area contributed by atoms with Crippen molar-refractivity contribution in [1.82, 2.24) is 10.3 Å². The summed E-state index contributed by atoms with van der Waals surface area (Å²) in [6.45, 7) is 4.17. The molecule has 3 N–H and O–H groups in total. The van der Waals surface area contributed by atoms with Crippen LogP contribution in [-0.2, 0) is 22.4 Å². The normalized spacial score (nSPS) is 19.8. The van der Waals surface area contributed by atoms with Crippen molar-refractivity contribution in [2.45, 2.75) is 51.4 Å². The van der Waals surface area contributed by atoms with E-state index in [1.807, 2.05) is 25.1 Å². The Hall–Kier alpha value is -2.86. The van der Waals surface area contributed by atoms with Crippen molar-refractivity contribution in [2.24, 2.45) is 0 Å². The molecule has 162 valence electrons. The monoisotopic (exact) mass is 419 g/mol. The van der Waals surface area contributed by atoms with Gasteiger partial charge in [-0.2, -0.15) is 0 Å². The van der Waals surface area contributed by atoms with Crippen molar-refractivity contribution in [3.63, 3.8) is 0 Å². The Bertz CT molecular complexity index is 1060. The number of anilines is 1. The van der Waals surface area contributed by atoms with Crippen LogP contribution in [0.5, 0.6) is 0 Å². The lowest BCUT2D eigenvalue weighted by molar-refractivity contribution is -0.110. The largest absolute Gasteiger partial charge is 0.461 e. The summed E-state index contributed by atoms with van der Waals surface area (Å²) in [7, 11) is 0. The van der Waals surface area contributed by atoms with E-state index in [-0.39, 0.29) is 11.9 Å². The van der Waals surface area contributed by atoms with Crippen LogP contribution < -0.4 is 10.6 Å². The molecule has 0 radical (unpaired) electrons. The summed E-state index contributed by atoms with van der Waals surface area (Å²) >= 11 is 0. The molecular weight excluding hydrogens is 390 g/mol. The van der Waals surface area contributed by atoms with Crippen molar-refractivity contribution in [2.75, 3.05) is 25.0 Å². The first-order valence-electron chi connectivity index (χ1n) is 11.4. The second kappa shape index (κ2) is 8.35. The predicted molar refractivity (Wildman–Crippen MR) is 121 cm³/mol. The minimum atomic E-state index is -0.308. The van der Waals surface area contributed by atoms with E-state index >= 15 is 0 Å². The summed E-state index contributed by atoms with van der Waals surface area (Å²) in [6, 6.07) is 6.18. The van der Waals surface area contributed by atoms with E-state index in [1.54, 1.807) is 0 Å². The highest BCUT2D eigenvalue weighted by Gasteiger charge is 2.31. The highest BCUT2D eigenvalue weighted by Crippen LogP contribution is 2.41. The summed E-state index contributed by atoms with van der Waals surface area (Å²) in [5.41, 5.74) is 7.48.